The van der Waals surface area contributed by atoms with Crippen molar-refractivity contribution in [3.05, 3.63) is 21.9 Å². The van der Waals surface area contributed by atoms with Crippen LogP contribution in [0.2, 0.25) is 0 Å². The molecule has 0 amide bonds. The summed E-state index contributed by atoms with van der Waals surface area (Å²) in [5.74, 6) is -1.09. The summed E-state index contributed by atoms with van der Waals surface area (Å²) in [6.45, 7) is 2.27. The molecular weight excluding hydrogens is 227 g/mol. The Balaban J connectivity index is 3.11. The number of carbonyl (C=O) groups is 1. The van der Waals surface area contributed by atoms with Crippen molar-refractivity contribution < 1.29 is 18.0 Å². The Bertz CT molecular complexity index is 381. The van der Waals surface area contributed by atoms with Gasteiger partial charge in [0, 0.05) is 10.4 Å². The van der Waals surface area contributed by atoms with Crippen molar-refractivity contribution in [2.45, 2.75) is 25.6 Å². The smallest absolute Gasteiger partial charge is 0.311 e. The van der Waals surface area contributed by atoms with Gasteiger partial charge >= 0.3 is 6.18 Å². The molecule has 6 heteroatoms. The van der Waals surface area contributed by atoms with Crippen molar-refractivity contribution in [3.63, 3.8) is 0 Å². The molecule has 0 fully saturated rings. The summed E-state index contributed by atoms with van der Waals surface area (Å²) in [6.07, 6.45) is -4.74. The molecule has 1 aromatic heterocycles. The predicted octanol–water partition coefficient (Wildman–Crippen LogP) is 2.52. The first-order valence-electron chi connectivity index (χ1n) is 4.12. The SMILES string of the molecule is Cc1sccc1C(=O)C(C)(N)C(F)(F)F. The van der Waals surface area contributed by atoms with Crippen LogP contribution in [0.3, 0.4) is 0 Å². The van der Waals surface area contributed by atoms with Crippen LogP contribution in [0.15, 0.2) is 11.4 Å². The monoisotopic (exact) mass is 237 g/mol. The van der Waals surface area contributed by atoms with E-state index >= 15 is 0 Å². The second-order valence-electron chi connectivity index (χ2n) is 3.42. The number of thiophene rings is 1. The van der Waals surface area contributed by atoms with Crippen molar-refractivity contribution in [1.29, 1.82) is 0 Å². The lowest BCUT2D eigenvalue weighted by Crippen LogP contribution is -2.57. The average molecular weight is 237 g/mol. The Morgan fingerprint density at radius 2 is 2.00 bits per heavy atom. The van der Waals surface area contributed by atoms with Gasteiger partial charge in [-0.1, -0.05) is 0 Å². The second-order valence-corrected chi connectivity index (χ2v) is 4.54. The van der Waals surface area contributed by atoms with Crippen LogP contribution in [0.4, 0.5) is 13.2 Å². The molecule has 0 spiro atoms. The van der Waals surface area contributed by atoms with Crippen LogP contribution >= 0.6 is 11.3 Å². The summed E-state index contributed by atoms with van der Waals surface area (Å²) in [4.78, 5) is 12.1. The van der Waals surface area contributed by atoms with E-state index in [0.29, 0.717) is 11.8 Å². The fraction of sp³-hybridized carbons (Fsp3) is 0.444. The van der Waals surface area contributed by atoms with Gasteiger partial charge < -0.3 is 5.73 Å². The maximum absolute atomic E-state index is 12.5. The number of hydrogen-bond donors (Lipinski definition) is 1. The molecule has 1 heterocycles. The van der Waals surface area contributed by atoms with Crippen LogP contribution in [0.25, 0.3) is 0 Å². The summed E-state index contributed by atoms with van der Waals surface area (Å²) in [7, 11) is 0. The van der Waals surface area contributed by atoms with E-state index in [1.165, 1.54) is 17.4 Å². The largest absolute Gasteiger partial charge is 0.413 e. The zero-order valence-electron chi connectivity index (χ0n) is 8.18. The molecular formula is C9H10F3NOS. The summed E-state index contributed by atoms with van der Waals surface area (Å²) in [5, 5.41) is 1.56. The van der Waals surface area contributed by atoms with Gasteiger partial charge in [-0.2, -0.15) is 13.2 Å². The molecule has 0 saturated carbocycles. The highest BCUT2D eigenvalue weighted by atomic mass is 32.1. The standard InChI is InChI=1S/C9H10F3NOS/c1-5-6(3-4-15-5)7(14)8(2,13)9(10,11)12/h3-4H,13H2,1-2H3. The zero-order valence-corrected chi connectivity index (χ0v) is 9.00. The van der Waals surface area contributed by atoms with Gasteiger partial charge in [-0.15, -0.1) is 11.3 Å². The molecule has 1 aromatic rings. The number of nitrogens with two attached hydrogens (primary N) is 1. The Hall–Kier alpha value is -0.880. The molecule has 1 rings (SSSR count). The van der Waals surface area contributed by atoms with E-state index in [0.717, 1.165) is 0 Å². The maximum Gasteiger partial charge on any atom is 0.413 e. The van der Waals surface area contributed by atoms with Gasteiger partial charge in [-0.25, -0.2) is 0 Å². The van der Waals surface area contributed by atoms with Crippen LogP contribution in [0, 0.1) is 6.92 Å². The molecule has 15 heavy (non-hydrogen) atoms. The molecule has 0 aliphatic rings. The highest BCUT2D eigenvalue weighted by Crippen LogP contribution is 2.32. The van der Waals surface area contributed by atoms with Crippen molar-refractivity contribution >= 4 is 17.1 Å². The van der Waals surface area contributed by atoms with Crippen LogP contribution in [-0.4, -0.2) is 17.5 Å². The van der Waals surface area contributed by atoms with Gasteiger partial charge in [0.15, 0.2) is 11.3 Å². The van der Waals surface area contributed by atoms with Crippen LogP contribution < -0.4 is 5.73 Å². The number of alkyl halides is 3. The first-order valence-corrected chi connectivity index (χ1v) is 5.00. The Labute approximate surface area is 88.9 Å². The maximum atomic E-state index is 12.5. The summed E-state index contributed by atoms with van der Waals surface area (Å²) in [6, 6.07) is 1.36. The molecule has 1 atom stereocenters. The van der Waals surface area contributed by atoms with Crippen molar-refractivity contribution in [3.8, 4) is 0 Å². The third kappa shape index (κ3) is 2.05. The summed E-state index contributed by atoms with van der Waals surface area (Å²) >= 11 is 1.22. The minimum absolute atomic E-state index is 0.0438. The first kappa shape index (κ1) is 12.2. The molecule has 0 bridgehead atoms. The van der Waals surface area contributed by atoms with Crippen molar-refractivity contribution in [2.75, 3.05) is 0 Å². The molecule has 0 aliphatic heterocycles. The van der Waals surface area contributed by atoms with Crippen LogP contribution in [0.1, 0.15) is 22.2 Å². The van der Waals surface area contributed by atoms with E-state index in [-0.39, 0.29) is 5.56 Å². The minimum atomic E-state index is -4.74. The molecule has 0 radical (unpaired) electrons. The highest BCUT2D eigenvalue weighted by molar-refractivity contribution is 7.10. The van der Waals surface area contributed by atoms with Gasteiger partial charge in [-0.3, -0.25) is 4.79 Å². The Morgan fingerprint density at radius 1 is 1.47 bits per heavy atom. The highest BCUT2D eigenvalue weighted by Gasteiger charge is 2.54. The minimum Gasteiger partial charge on any atom is -0.311 e. The lowest BCUT2D eigenvalue weighted by molar-refractivity contribution is -0.165. The number of Topliss-reactive ketones (excluding diaryl/α,β-unsaturated/α-hetero) is 1. The third-order valence-electron chi connectivity index (χ3n) is 2.16. The van der Waals surface area contributed by atoms with Gasteiger partial charge in [0.1, 0.15) is 0 Å². The fourth-order valence-electron chi connectivity index (χ4n) is 1.03. The Morgan fingerprint density at radius 3 is 2.33 bits per heavy atom. The van der Waals surface area contributed by atoms with E-state index in [4.69, 9.17) is 5.73 Å². The molecule has 0 aliphatic carbocycles. The number of aryl methyl sites for hydroxylation is 1. The van der Waals surface area contributed by atoms with E-state index in [9.17, 15) is 18.0 Å². The van der Waals surface area contributed by atoms with Gasteiger partial charge in [0.25, 0.3) is 0 Å². The average Bonchev–Trinajstić information content (AvgIpc) is 2.48. The molecule has 84 valence electrons. The van der Waals surface area contributed by atoms with E-state index < -0.39 is 17.5 Å². The molecule has 2 nitrogen and oxygen atoms in total. The number of halogens is 3. The van der Waals surface area contributed by atoms with E-state index in [1.807, 2.05) is 0 Å². The van der Waals surface area contributed by atoms with Crippen LogP contribution in [-0.2, 0) is 0 Å². The number of ketones is 1. The zero-order chi connectivity index (χ0) is 11.9. The normalized spacial score (nSPS) is 16.1. The van der Waals surface area contributed by atoms with Crippen LogP contribution in [0.5, 0.6) is 0 Å². The third-order valence-corrected chi connectivity index (χ3v) is 3.01. The summed E-state index contributed by atoms with van der Waals surface area (Å²) < 4.78 is 37.4. The number of carbonyl (C=O) groups excluding carboxylic acids is 1. The second kappa shape index (κ2) is 3.61. The van der Waals surface area contributed by atoms with Gasteiger partial charge in [0.2, 0.25) is 0 Å². The first-order chi connectivity index (χ1) is 6.68. The molecule has 2 N–H and O–H groups in total. The van der Waals surface area contributed by atoms with Gasteiger partial charge in [0.05, 0.1) is 0 Å². The van der Waals surface area contributed by atoms with E-state index in [1.54, 1.807) is 12.3 Å². The number of rotatable bonds is 2. The predicted molar refractivity (Wildman–Crippen MR) is 52.0 cm³/mol. The molecule has 0 aromatic carbocycles. The Kier molecular flexibility index (Phi) is 2.93. The molecule has 0 saturated heterocycles. The van der Waals surface area contributed by atoms with Crippen molar-refractivity contribution in [2.24, 2.45) is 5.73 Å². The molecule has 1 unspecified atom stereocenters. The fourth-order valence-corrected chi connectivity index (χ4v) is 1.72. The van der Waals surface area contributed by atoms with E-state index in [2.05, 4.69) is 0 Å². The lowest BCUT2D eigenvalue weighted by Gasteiger charge is -2.25. The topological polar surface area (TPSA) is 43.1 Å². The lowest BCUT2D eigenvalue weighted by atomic mass is 9.92. The van der Waals surface area contributed by atoms with Gasteiger partial charge in [-0.05, 0) is 25.3 Å². The summed E-state index contributed by atoms with van der Waals surface area (Å²) in [5.41, 5.74) is 2.25. The van der Waals surface area contributed by atoms with Crippen molar-refractivity contribution in [1.82, 2.24) is 0 Å². The number of hydrogen-bond acceptors (Lipinski definition) is 3. The quantitative estimate of drug-likeness (QED) is 0.803.